The summed E-state index contributed by atoms with van der Waals surface area (Å²) >= 11 is 19.2. The Labute approximate surface area is 155 Å². The maximum atomic E-state index is 12.1. The van der Waals surface area contributed by atoms with Gasteiger partial charge in [0.1, 0.15) is 0 Å². The highest BCUT2D eigenvalue weighted by atomic mass is 35.5. The summed E-state index contributed by atoms with van der Waals surface area (Å²) in [7, 11) is -3.50. The van der Waals surface area contributed by atoms with Gasteiger partial charge in [0.2, 0.25) is 10.0 Å². The topological polar surface area (TPSA) is 46.2 Å². The van der Waals surface area contributed by atoms with Crippen LogP contribution in [0.1, 0.15) is 5.56 Å². The Balaban J connectivity index is 1.78. The molecule has 1 N–H and O–H groups in total. The second-order valence-electron chi connectivity index (χ2n) is 4.65. The minimum absolute atomic E-state index is 0.205. The molecule has 0 saturated heterocycles. The molecule has 2 aromatic rings. The molecule has 8 heteroatoms. The number of nitrogens with one attached hydrogen (secondary N) is 1. The molecule has 0 fully saturated rings. The second kappa shape index (κ2) is 8.60. The molecule has 0 aliphatic heterocycles. The first-order valence-electron chi connectivity index (χ1n) is 6.65. The normalized spacial score (nSPS) is 11.6. The third kappa shape index (κ3) is 5.85. The van der Waals surface area contributed by atoms with Gasteiger partial charge in [-0.25, -0.2) is 13.1 Å². The van der Waals surface area contributed by atoms with Gasteiger partial charge in [-0.2, -0.15) is 11.8 Å². The van der Waals surface area contributed by atoms with E-state index in [4.69, 9.17) is 34.8 Å². The van der Waals surface area contributed by atoms with E-state index in [9.17, 15) is 8.42 Å². The largest absolute Gasteiger partial charge is 0.240 e. The maximum absolute atomic E-state index is 12.1. The van der Waals surface area contributed by atoms with E-state index >= 15 is 0 Å². The minimum Gasteiger partial charge on any atom is -0.210 e. The number of hydrogen-bond acceptors (Lipinski definition) is 3. The summed E-state index contributed by atoms with van der Waals surface area (Å²) in [6.07, 6.45) is 0. The zero-order chi connectivity index (χ0) is 16.9. The first-order chi connectivity index (χ1) is 10.9. The number of hydrogen-bond donors (Lipinski definition) is 1. The highest BCUT2D eigenvalue weighted by Crippen LogP contribution is 2.24. The summed E-state index contributed by atoms with van der Waals surface area (Å²) < 4.78 is 26.7. The molecule has 0 aromatic heterocycles. The smallest absolute Gasteiger partial charge is 0.210 e. The lowest BCUT2D eigenvalue weighted by atomic mass is 10.2. The van der Waals surface area contributed by atoms with Gasteiger partial charge < -0.3 is 0 Å². The van der Waals surface area contributed by atoms with Crippen molar-refractivity contribution in [2.45, 2.75) is 10.6 Å². The van der Waals surface area contributed by atoms with E-state index in [0.717, 1.165) is 11.3 Å². The fourth-order valence-corrected chi connectivity index (χ4v) is 4.18. The molecule has 0 unspecified atom stereocenters. The van der Waals surface area contributed by atoms with Crippen molar-refractivity contribution in [3.05, 3.63) is 63.1 Å². The van der Waals surface area contributed by atoms with Crippen LogP contribution in [0.4, 0.5) is 0 Å². The molecule has 0 aliphatic rings. The predicted molar refractivity (Wildman–Crippen MR) is 99.3 cm³/mol. The van der Waals surface area contributed by atoms with Gasteiger partial charge in [0.05, 0.1) is 14.9 Å². The zero-order valence-electron chi connectivity index (χ0n) is 11.9. The number of benzene rings is 2. The van der Waals surface area contributed by atoms with Crippen molar-refractivity contribution in [1.82, 2.24) is 4.72 Å². The lowest BCUT2D eigenvalue weighted by Gasteiger charge is -2.07. The third-order valence-corrected chi connectivity index (χ3v) is 6.41. The van der Waals surface area contributed by atoms with E-state index in [1.165, 1.54) is 12.1 Å². The van der Waals surface area contributed by atoms with E-state index in [-0.39, 0.29) is 4.90 Å². The monoisotopic (exact) mass is 409 g/mol. The van der Waals surface area contributed by atoms with Crippen LogP contribution in [0.15, 0.2) is 47.4 Å². The van der Waals surface area contributed by atoms with Crippen LogP contribution in [0.5, 0.6) is 0 Å². The molecule has 0 aliphatic carbocycles. The Morgan fingerprint density at radius 1 is 0.957 bits per heavy atom. The number of sulfonamides is 1. The highest BCUT2D eigenvalue weighted by molar-refractivity contribution is 7.98. The summed E-state index contributed by atoms with van der Waals surface area (Å²) in [4.78, 5) is 0.205. The summed E-state index contributed by atoms with van der Waals surface area (Å²) in [5, 5.41) is 1.55. The lowest BCUT2D eigenvalue weighted by molar-refractivity contribution is 0.584. The second-order valence-corrected chi connectivity index (χ2v) is 8.78. The van der Waals surface area contributed by atoms with E-state index < -0.39 is 10.0 Å². The van der Waals surface area contributed by atoms with Gasteiger partial charge >= 0.3 is 0 Å². The van der Waals surface area contributed by atoms with Gasteiger partial charge in [-0.15, -0.1) is 0 Å². The van der Waals surface area contributed by atoms with E-state index in [0.29, 0.717) is 27.4 Å². The number of halogens is 3. The summed E-state index contributed by atoms with van der Waals surface area (Å²) in [5.74, 6) is 1.38. The Bertz CT molecular complexity index is 765. The molecule has 124 valence electrons. The van der Waals surface area contributed by atoms with Crippen molar-refractivity contribution in [3.63, 3.8) is 0 Å². The van der Waals surface area contributed by atoms with E-state index in [1.807, 2.05) is 12.1 Å². The Morgan fingerprint density at radius 2 is 1.65 bits per heavy atom. The Hall–Kier alpha value is -0.430. The first-order valence-corrected chi connectivity index (χ1v) is 10.4. The third-order valence-electron chi connectivity index (χ3n) is 2.92. The van der Waals surface area contributed by atoms with Crippen LogP contribution in [0.2, 0.25) is 15.1 Å². The van der Waals surface area contributed by atoms with Crippen LogP contribution in [0, 0.1) is 0 Å². The number of rotatable bonds is 7. The van der Waals surface area contributed by atoms with Crippen LogP contribution in [0.25, 0.3) is 0 Å². The predicted octanol–water partition coefficient (Wildman–Crippen LogP) is 4.86. The summed E-state index contributed by atoms with van der Waals surface area (Å²) in [6, 6.07) is 11.5. The van der Waals surface area contributed by atoms with Crippen LogP contribution in [0.3, 0.4) is 0 Å². The van der Waals surface area contributed by atoms with Gasteiger partial charge in [0.15, 0.2) is 0 Å². The molecule has 0 bridgehead atoms. The Morgan fingerprint density at radius 3 is 2.30 bits per heavy atom. The van der Waals surface area contributed by atoms with Crippen LogP contribution < -0.4 is 4.72 Å². The minimum atomic E-state index is -3.50. The van der Waals surface area contributed by atoms with Crippen molar-refractivity contribution >= 4 is 56.6 Å². The molecule has 3 nitrogen and oxygen atoms in total. The maximum Gasteiger partial charge on any atom is 0.240 e. The highest BCUT2D eigenvalue weighted by Gasteiger charge is 2.12. The Kier molecular flexibility index (Phi) is 7.07. The molecule has 0 spiro atoms. The fraction of sp³-hybridized carbons (Fsp3) is 0.200. The molecule has 2 rings (SSSR count). The van der Waals surface area contributed by atoms with Crippen molar-refractivity contribution in [3.8, 4) is 0 Å². The van der Waals surface area contributed by atoms with Crippen LogP contribution in [-0.2, 0) is 15.8 Å². The van der Waals surface area contributed by atoms with E-state index in [2.05, 4.69) is 4.72 Å². The van der Waals surface area contributed by atoms with Crippen molar-refractivity contribution in [2.24, 2.45) is 0 Å². The standard InChI is InChI=1S/C15H14Cl3NO2S2/c16-12-2-4-13(5-3-12)23(20,21)19-7-8-22-10-11-1-6-14(17)15(18)9-11/h1-6,9,19H,7-8,10H2. The van der Waals surface area contributed by atoms with Crippen LogP contribution >= 0.6 is 46.6 Å². The molecular weight excluding hydrogens is 397 g/mol. The molecule has 23 heavy (non-hydrogen) atoms. The van der Waals surface area contributed by atoms with Gasteiger partial charge in [-0.1, -0.05) is 40.9 Å². The lowest BCUT2D eigenvalue weighted by Crippen LogP contribution is -2.26. The van der Waals surface area contributed by atoms with Gasteiger partial charge in [-0.3, -0.25) is 0 Å². The molecule has 0 amide bonds. The average Bonchev–Trinajstić information content (AvgIpc) is 2.51. The molecule has 0 atom stereocenters. The quantitative estimate of drug-likeness (QED) is 0.663. The molecule has 2 aromatic carbocycles. The summed E-state index contributed by atoms with van der Waals surface area (Å²) in [5.41, 5.74) is 1.05. The van der Waals surface area contributed by atoms with Crippen molar-refractivity contribution in [2.75, 3.05) is 12.3 Å². The van der Waals surface area contributed by atoms with Crippen molar-refractivity contribution in [1.29, 1.82) is 0 Å². The summed E-state index contributed by atoms with van der Waals surface area (Å²) in [6.45, 7) is 0.344. The zero-order valence-corrected chi connectivity index (χ0v) is 15.8. The SMILES string of the molecule is O=S(=O)(NCCSCc1ccc(Cl)c(Cl)c1)c1ccc(Cl)cc1. The average molecular weight is 411 g/mol. The molecule has 0 heterocycles. The van der Waals surface area contributed by atoms with Gasteiger partial charge in [0, 0.05) is 23.1 Å². The van der Waals surface area contributed by atoms with E-state index in [1.54, 1.807) is 30.0 Å². The molecule has 0 radical (unpaired) electrons. The van der Waals surface area contributed by atoms with Crippen LogP contribution in [-0.4, -0.2) is 20.7 Å². The fourth-order valence-electron chi connectivity index (χ4n) is 1.76. The van der Waals surface area contributed by atoms with Crippen molar-refractivity contribution < 1.29 is 8.42 Å². The molecular formula is C15H14Cl3NO2S2. The van der Waals surface area contributed by atoms with Gasteiger partial charge in [0.25, 0.3) is 0 Å². The molecule has 0 saturated carbocycles. The first kappa shape index (κ1) is 18.9. The van der Waals surface area contributed by atoms with Gasteiger partial charge in [-0.05, 0) is 42.0 Å². The number of thioether (sulfide) groups is 1.